The van der Waals surface area contributed by atoms with Crippen molar-refractivity contribution in [2.24, 2.45) is 0 Å². The molecule has 0 aliphatic heterocycles. The minimum atomic E-state index is 0.576. The first-order valence-electron chi connectivity index (χ1n) is 6.50. The molecule has 1 N–H and O–H groups in total. The van der Waals surface area contributed by atoms with Crippen LogP contribution < -0.4 is 10.1 Å². The second-order valence-corrected chi connectivity index (χ2v) is 3.12. The predicted octanol–water partition coefficient (Wildman–Crippen LogP) is 2.51. The lowest BCUT2D eigenvalue weighted by atomic mass is 10.6. The van der Waals surface area contributed by atoms with Gasteiger partial charge in [-0.05, 0) is 14.1 Å². The van der Waals surface area contributed by atoms with Crippen molar-refractivity contribution in [3.63, 3.8) is 0 Å². The van der Waals surface area contributed by atoms with Crippen molar-refractivity contribution >= 4 is 5.95 Å². The summed E-state index contributed by atoms with van der Waals surface area (Å²) in [6, 6.07) is 1.75. The Labute approximate surface area is 112 Å². The van der Waals surface area contributed by atoms with Crippen molar-refractivity contribution in [1.29, 1.82) is 0 Å². The molecule has 1 rings (SSSR count). The zero-order chi connectivity index (χ0) is 14.4. The molecule has 0 aliphatic carbocycles. The summed E-state index contributed by atoms with van der Waals surface area (Å²) in [5.74, 6) is 1.18. The number of aromatic nitrogens is 2. The van der Waals surface area contributed by atoms with E-state index in [9.17, 15) is 0 Å². The quantitative estimate of drug-likeness (QED) is 0.877. The lowest BCUT2D eigenvalue weighted by Gasteiger charge is -2.10. The molecule has 0 radical (unpaired) electrons. The zero-order valence-electron chi connectivity index (χ0n) is 12.8. The van der Waals surface area contributed by atoms with E-state index in [4.69, 9.17) is 4.74 Å². The van der Waals surface area contributed by atoms with E-state index >= 15 is 0 Å². The molecule has 1 aromatic rings. The van der Waals surface area contributed by atoms with Gasteiger partial charge in [-0.2, -0.15) is 4.98 Å². The smallest absolute Gasteiger partial charge is 0.225 e. The highest BCUT2D eigenvalue weighted by Crippen LogP contribution is 2.07. The van der Waals surface area contributed by atoms with E-state index in [2.05, 4.69) is 20.2 Å². The second kappa shape index (κ2) is 13.7. The summed E-state index contributed by atoms with van der Waals surface area (Å²) in [7, 11) is 5.78. The van der Waals surface area contributed by atoms with Crippen LogP contribution in [0.4, 0.5) is 5.95 Å². The summed E-state index contributed by atoms with van der Waals surface area (Å²) in [5, 5.41) is 2.85. The van der Waals surface area contributed by atoms with Gasteiger partial charge >= 0.3 is 0 Å². The van der Waals surface area contributed by atoms with Crippen LogP contribution in [-0.2, 0) is 0 Å². The van der Waals surface area contributed by atoms with E-state index in [0.29, 0.717) is 18.4 Å². The van der Waals surface area contributed by atoms with Gasteiger partial charge in [-0.15, -0.1) is 0 Å². The number of likely N-dealkylation sites (N-methyl/N-ethyl adjacent to an activating group) is 1. The number of nitrogens with one attached hydrogen (secondary N) is 1. The number of nitrogens with zero attached hydrogens (tertiary/aromatic N) is 3. The Morgan fingerprint density at radius 2 is 1.83 bits per heavy atom. The maximum atomic E-state index is 5.43. The first kappa shape index (κ1) is 19.0. The normalized spacial score (nSPS) is 8.67. The van der Waals surface area contributed by atoms with Crippen LogP contribution in [-0.4, -0.2) is 49.2 Å². The van der Waals surface area contributed by atoms with Gasteiger partial charge in [-0.1, -0.05) is 27.7 Å². The molecule has 0 bridgehead atoms. The monoisotopic (exact) mass is 256 g/mol. The molecule has 0 amide bonds. The standard InChI is InChI=1S/C9H16N4O.2C2H6/c1-10-9-11-5-4-8(12-9)14-7-6-13(2)3;2*1-2/h4-5H,6-7H2,1-3H3,(H,10,11,12);2*1-2H3. The van der Waals surface area contributed by atoms with Gasteiger partial charge in [0.25, 0.3) is 0 Å². The third-order valence-corrected chi connectivity index (χ3v) is 1.64. The molecule has 18 heavy (non-hydrogen) atoms. The predicted molar refractivity (Wildman–Crippen MR) is 78.3 cm³/mol. The maximum Gasteiger partial charge on any atom is 0.225 e. The SMILES string of the molecule is CC.CC.CNc1nccc(OCCN(C)C)n1. The fourth-order valence-corrected chi connectivity index (χ4v) is 0.876. The molecular formula is C13H28N4O. The minimum absolute atomic E-state index is 0.576. The Morgan fingerprint density at radius 1 is 1.22 bits per heavy atom. The van der Waals surface area contributed by atoms with Crippen LogP contribution in [0.3, 0.4) is 0 Å². The average molecular weight is 256 g/mol. The highest BCUT2D eigenvalue weighted by atomic mass is 16.5. The van der Waals surface area contributed by atoms with Crippen LogP contribution in [0.5, 0.6) is 5.88 Å². The molecule has 0 atom stereocenters. The van der Waals surface area contributed by atoms with Crippen molar-refractivity contribution in [1.82, 2.24) is 14.9 Å². The Hall–Kier alpha value is -1.36. The van der Waals surface area contributed by atoms with Crippen LogP contribution in [0.1, 0.15) is 27.7 Å². The molecular weight excluding hydrogens is 228 g/mol. The highest BCUT2D eigenvalue weighted by Gasteiger charge is 1.98. The molecule has 0 fully saturated rings. The average Bonchev–Trinajstić information content (AvgIpc) is 2.43. The third-order valence-electron chi connectivity index (χ3n) is 1.64. The van der Waals surface area contributed by atoms with Crippen molar-refractivity contribution in [2.45, 2.75) is 27.7 Å². The maximum absolute atomic E-state index is 5.43. The van der Waals surface area contributed by atoms with Crippen LogP contribution in [0.2, 0.25) is 0 Å². The third kappa shape index (κ3) is 9.84. The number of anilines is 1. The zero-order valence-corrected chi connectivity index (χ0v) is 12.8. The summed E-state index contributed by atoms with van der Waals surface area (Å²) in [4.78, 5) is 10.2. The van der Waals surface area contributed by atoms with Gasteiger partial charge in [0, 0.05) is 25.9 Å². The lowest BCUT2D eigenvalue weighted by Crippen LogP contribution is -2.19. The summed E-state index contributed by atoms with van der Waals surface area (Å²) < 4.78 is 5.43. The molecule has 0 saturated carbocycles. The topological polar surface area (TPSA) is 50.3 Å². The number of hydrogen-bond acceptors (Lipinski definition) is 5. The summed E-state index contributed by atoms with van der Waals surface area (Å²) in [6.45, 7) is 9.51. The van der Waals surface area contributed by atoms with Crippen LogP contribution in [0.25, 0.3) is 0 Å². The molecule has 0 spiro atoms. The first-order chi connectivity index (χ1) is 8.72. The summed E-state index contributed by atoms with van der Waals surface area (Å²) >= 11 is 0. The van der Waals surface area contributed by atoms with E-state index in [1.54, 1.807) is 19.3 Å². The lowest BCUT2D eigenvalue weighted by molar-refractivity contribution is 0.254. The highest BCUT2D eigenvalue weighted by molar-refractivity contribution is 5.25. The Bertz CT molecular complexity index is 279. The van der Waals surface area contributed by atoms with Crippen molar-refractivity contribution in [3.05, 3.63) is 12.3 Å². The van der Waals surface area contributed by atoms with Gasteiger partial charge < -0.3 is 15.0 Å². The Balaban J connectivity index is 0. The van der Waals surface area contributed by atoms with E-state index in [0.717, 1.165) is 6.54 Å². The van der Waals surface area contributed by atoms with Gasteiger partial charge in [0.1, 0.15) is 6.61 Å². The van der Waals surface area contributed by atoms with E-state index in [1.165, 1.54) is 0 Å². The molecule has 0 unspecified atom stereocenters. The molecule has 5 heteroatoms. The molecule has 5 nitrogen and oxygen atoms in total. The first-order valence-corrected chi connectivity index (χ1v) is 6.50. The fourth-order valence-electron chi connectivity index (χ4n) is 0.876. The molecule has 106 valence electrons. The number of ether oxygens (including phenoxy) is 1. The molecule has 1 aromatic heterocycles. The summed E-state index contributed by atoms with van der Waals surface area (Å²) in [6.07, 6.45) is 1.67. The van der Waals surface area contributed by atoms with Crippen LogP contribution in [0, 0.1) is 0 Å². The van der Waals surface area contributed by atoms with Gasteiger partial charge in [-0.3, -0.25) is 0 Å². The van der Waals surface area contributed by atoms with Crippen LogP contribution >= 0.6 is 0 Å². The van der Waals surface area contributed by atoms with Crippen molar-refractivity contribution in [2.75, 3.05) is 39.6 Å². The van der Waals surface area contributed by atoms with Crippen molar-refractivity contribution in [3.8, 4) is 5.88 Å². The second-order valence-electron chi connectivity index (χ2n) is 3.12. The Morgan fingerprint density at radius 3 is 2.33 bits per heavy atom. The summed E-state index contributed by atoms with van der Waals surface area (Å²) in [5.41, 5.74) is 0. The molecule has 0 saturated heterocycles. The van der Waals surface area contributed by atoms with Crippen LogP contribution in [0.15, 0.2) is 12.3 Å². The van der Waals surface area contributed by atoms with Gasteiger partial charge in [0.05, 0.1) is 0 Å². The number of rotatable bonds is 5. The van der Waals surface area contributed by atoms with E-state index < -0.39 is 0 Å². The molecule has 1 heterocycles. The fraction of sp³-hybridized carbons (Fsp3) is 0.692. The van der Waals surface area contributed by atoms with E-state index in [1.807, 2.05) is 41.8 Å². The van der Waals surface area contributed by atoms with Gasteiger partial charge in [-0.25, -0.2) is 4.98 Å². The van der Waals surface area contributed by atoms with Gasteiger partial charge in [0.15, 0.2) is 0 Å². The number of hydrogen-bond donors (Lipinski definition) is 1. The van der Waals surface area contributed by atoms with Gasteiger partial charge in [0.2, 0.25) is 11.8 Å². The Kier molecular flexibility index (Phi) is 14.5. The molecule has 0 aliphatic rings. The molecule has 0 aromatic carbocycles. The van der Waals surface area contributed by atoms with E-state index in [-0.39, 0.29) is 0 Å². The van der Waals surface area contributed by atoms with Crippen molar-refractivity contribution < 1.29 is 4.74 Å². The minimum Gasteiger partial charge on any atom is -0.476 e. The largest absolute Gasteiger partial charge is 0.476 e.